The van der Waals surface area contributed by atoms with Gasteiger partial charge in [-0.25, -0.2) is 4.39 Å². The average Bonchev–Trinajstić information content (AvgIpc) is 2.54. The van der Waals surface area contributed by atoms with E-state index in [1.165, 1.54) is 19.1 Å². The molecule has 0 bridgehead atoms. The Hall–Kier alpha value is -2.40. The molecule has 0 saturated heterocycles. The molecule has 1 amide bonds. The van der Waals surface area contributed by atoms with Crippen LogP contribution in [0.4, 0.5) is 4.39 Å². The first kappa shape index (κ1) is 17.9. The highest BCUT2D eigenvalue weighted by Gasteiger charge is 2.13. The first-order valence-corrected chi connectivity index (χ1v) is 7.72. The summed E-state index contributed by atoms with van der Waals surface area (Å²) in [4.78, 5) is 23.5. The molecule has 6 heteroatoms. The maximum Gasteiger partial charge on any atom is 0.258 e. The molecule has 2 aromatic carbocycles. The monoisotopic (exact) mass is 349 g/mol. The number of carbonyl (C=O) groups excluding carboxylic acids is 2. The van der Waals surface area contributed by atoms with Crippen molar-refractivity contribution in [1.82, 2.24) is 5.32 Å². The minimum Gasteiger partial charge on any atom is -0.483 e. The minimum absolute atomic E-state index is 0.105. The fraction of sp³-hybridized carbons (Fsp3) is 0.222. The second kappa shape index (κ2) is 7.93. The summed E-state index contributed by atoms with van der Waals surface area (Å²) in [6, 6.07) is 10.5. The lowest BCUT2D eigenvalue weighted by atomic mass is 10.1. The number of carbonyl (C=O) groups is 2. The van der Waals surface area contributed by atoms with Crippen molar-refractivity contribution in [3.8, 4) is 5.75 Å². The lowest BCUT2D eigenvalue weighted by Gasteiger charge is -2.15. The summed E-state index contributed by atoms with van der Waals surface area (Å²) >= 11 is 5.83. The molecule has 1 N–H and O–H groups in total. The van der Waals surface area contributed by atoms with Crippen LogP contribution in [0.5, 0.6) is 5.75 Å². The predicted octanol–water partition coefficient (Wildman–Crippen LogP) is 3.94. The van der Waals surface area contributed by atoms with Gasteiger partial charge < -0.3 is 10.1 Å². The number of Topliss-reactive ketones (excluding diaryl/α,β-unsaturated/α-hetero) is 1. The molecule has 0 aliphatic carbocycles. The molecule has 24 heavy (non-hydrogen) atoms. The van der Waals surface area contributed by atoms with Gasteiger partial charge in [0.05, 0.1) is 11.6 Å². The minimum atomic E-state index is -0.534. The Balaban J connectivity index is 1.96. The highest BCUT2D eigenvalue weighted by atomic mass is 35.5. The first-order chi connectivity index (χ1) is 11.4. The zero-order valence-corrected chi connectivity index (χ0v) is 14.1. The molecule has 1 unspecified atom stereocenters. The molecule has 0 radical (unpaired) electrons. The van der Waals surface area contributed by atoms with E-state index in [9.17, 15) is 14.0 Å². The van der Waals surface area contributed by atoms with Crippen LogP contribution in [0, 0.1) is 5.82 Å². The number of benzene rings is 2. The zero-order chi connectivity index (χ0) is 17.7. The molecule has 0 saturated carbocycles. The molecule has 0 fully saturated rings. The van der Waals surface area contributed by atoms with Gasteiger partial charge in [-0.3, -0.25) is 9.59 Å². The second-order valence-electron chi connectivity index (χ2n) is 5.33. The topological polar surface area (TPSA) is 55.4 Å². The van der Waals surface area contributed by atoms with Crippen LogP contribution in [0.1, 0.15) is 35.8 Å². The van der Waals surface area contributed by atoms with E-state index in [0.29, 0.717) is 5.02 Å². The fourth-order valence-corrected chi connectivity index (χ4v) is 2.29. The van der Waals surface area contributed by atoms with Crippen molar-refractivity contribution in [3.05, 3.63) is 64.4 Å². The molecule has 4 nitrogen and oxygen atoms in total. The summed E-state index contributed by atoms with van der Waals surface area (Å²) in [6.07, 6.45) is 0. The van der Waals surface area contributed by atoms with Crippen LogP contribution in [0.3, 0.4) is 0 Å². The van der Waals surface area contributed by atoms with Crippen LogP contribution in [-0.2, 0) is 4.79 Å². The predicted molar refractivity (Wildman–Crippen MR) is 89.9 cm³/mol. The third-order valence-corrected chi connectivity index (χ3v) is 3.68. The van der Waals surface area contributed by atoms with E-state index >= 15 is 0 Å². The van der Waals surface area contributed by atoms with Gasteiger partial charge >= 0.3 is 0 Å². The number of amides is 1. The van der Waals surface area contributed by atoms with Gasteiger partial charge in [-0.15, -0.1) is 0 Å². The molecule has 0 aliphatic rings. The summed E-state index contributed by atoms with van der Waals surface area (Å²) in [7, 11) is 0. The van der Waals surface area contributed by atoms with Crippen LogP contribution < -0.4 is 10.1 Å². The molecule has 2 aromatic rings. The summed E-state index contributed by atoms with van der Waals surface area (Å²) in [5.41, 5.74) is 1.01. The Morgan fingerprint density at radius 3 is 2.50 bits per heavy atom. The zero-order valence-electron chi connectivity index (χ0n) is 13.3. The molecule has 0 heterocycles. The summed E-state index contributed by atoms with van der Waals surface area (Å²) < 4.78 is 18.5. The highest BCUT2D eigenvalue weighted by molar-refractivity contribution is 6.30. The molecule has 126 valence electrons. The van der Waals surface area contributed by atoms with E-state index in [-0.39, 0.29) is 35.7 Å². The van der Waals surface area contributed by atoms with Crippen LogP contribution in [0.25, 0.3) is 0 Å². The van der Waals surface area contributed by atoms with Gasteiger partial charge in [0.1, 0.15) is 11.6 Å². The van der Waals surface area contributed by atoms with Crippen molar-refractivity contribution in [3.63, 3.8) is 0 Å². The van der Waals surface area contributed by atoms with E-state index in [1.807, 2.05) is 19.1 Å². The smallest absolute Gasteiger partial charge is 0.258 e. The third-order valence-electron chi connectivity index (χ3n) is 3.43. The molecule has 0 spiro atoms. The summed E-state index contributed by atoms with van der Waals surface area (Å²) in [5, 5.41) is 3.40. The fourth-order valence-electron chi connectivity index (χ4n) is 2.16. The van der Waals surface area contributed by atoms with E-state index in [2.05, 4.69) is 5.32 Å². The van der Waals surface area contributed by atoms with Crippen molar-refractivity contribution in [2.45, 2.75) is 19.9 Å². The molecular formula is C18H17ClFNO3. The summed E-state index contributed by atoms with van der Waals surface area (Å²) in [5.74, 6) is -1.04. The second-order valence-corrected chi connectivity index (χ2v) is 5.76. The quantitative estimate of drug-likeness (QED) is 0.804. The van der Waals surface area contributed by atoms with Crippen LogP contribution in [0.15, 0.2) is 42.5 Å². The number of hydrogen-bond donors (Lipinski definition) is 1. The Bertz CT molecular complexity index is 746. The van der Waals surface area contributed by atoms with E-state index in [4.69, 9.17) is 16.3 Å². The lowest BCUT2D eigenvalue weighted by molar-refractivity contribution is -0.123. The maximum atomic E-state index is 13.2. The number of hydrogen-bond acceptors (Lipinski definition) is 3. The molecule has 1 atom stereocenters. The van der Waals surface area contributed by atoms with Gasteiger partial charge in [0.15, 0.2) is 12.4 Å². The Morgan fingerprint density at radius 2 is 1.88 bits per heavy atom. The van der Waals surface area contributed by atoms with Crippen LogP contribution in [-0.4, -0.2) is 18.3 Å². The largest absolute Gasteiger partial charge is 0.483 e. The number of ketones is 1. The van der Waals surface area contributed by atoms with Gasteiger partial charge in [-0.05, 0) is 49.7 Å². The van der Waals surface area contributed by atoms with Crippen LogP contribution in [0.2, 0.25) is 5.02 Å². The molecule has 0 aromatic heterocycles. The summed E-state index contributed by atoms with van der Waals surface area (Å²) in [6.45, 7) is 2.87. The van der Waals surface area contributed by atoms with E-state index in [0.717, 1.165) is 11.6 Å². The van der Waals surface area contributed by atoms with Gasteiger partial charge in [0.25, 0.3) is 5.91 Å². The Labute approximate surface area is 144 Å². The molecular weight excluding hydrogens is 333 g/mol. The number of ether oxygens (including phenoxy) is 1. The number of nitrogens with one attached hydrogen (secondary N) is 1. The van der Waals surface area contributed by atoms with Gasteiger partial charge in [-0.2, -0.15) is 0 Å². The number of halogens is 2. The first-order valence-electron chi connectivity index (χ1n) is 7.35. The maximum absolute atomic E-state index is 13.2. The van der Waals surface area contributed by atoms with E-state index < -0.39 is 5.82 Å². The van der Waals surface area contributed by atoms with Gasteiger partial charge in [0, 0.05) is 5.02 Å². The highest BCUT2D eigenvalue weighted by Crippen LogP contribution is 2.20. The van der Waals surface area contributed by atoms with Gasteiger partial charge in [-0.1, -0.05) is 23.7 Å². The number of rotatable bonds is 6. The van der Waals surface area contributed by atoms with Crippen molar-refractivity contribution in [2.24, 2.45) is 0 Å². The van der Waals surface area contributed by atoms with E-state index in [1.54, 1.807) is 12.1 Å². The van der Waals surface area contributed by atoms with Crippen molar-refractivity contribution in [1.29, 1.82) is 0 Å². The standard InChI is InChI=1S/C18H17ClFNO3/c1-11(13-3-5-14(19)6-4-13)21-18(23)10-24-17-8-7-15(20)9-16(17)12(2)22/h3-9,11H,10H2,1-2H3,(H,21,23). The Kier molecular flexibility index (Phi) is 5.93. The van der Waals surface area contributed by atoms with Crippen molar-refractivity contribution >= 4 is 23.3 Å². The lowest BCUT2D eigenvalue weighted by Crippen LogP contribution is -2.31. The van der Waals surface area contributed by atoms with Crippen molar-refractivity contribution < 1.29 is 18.7 Å². The SMILES string of the molecule is CC(=O)c1cc(F)ccc1OCC(=O)NC(C)c1ccc(Cl)cc1. The van der Waals surface area contributed by atoms with Crippen LogP contribution >= 0.6 is 11.6 Å². The molecule has 0 aliphatic heterocycles. The van der Waals surface area contributed by atoms with Crippen molar-refractivity contribution in [2.75, 3.05) is 6.61 Å². The van der Waals surface area contributed by atoms with Gasteiger partial charge in [0.2, 0.25) is 0 Å². The third kappa shape index (κ3) is 4.80. The Morgan fingerprint density at radius 1 is 1.21 bits per heavy atom. The molecule has 2 rings (SSSR count). The normalized spacial score (nSPS) is 11.7. The average molecular weight is 350 g/mol.